The molecule has 4 heteroatoms. The largest absolute Gasteiger partial charge is 0.344 e. The summed E-state index contributed by atoms with van der Waals surface area (Å²) in [5.41, 5.74) is 0. The smallest absolute Gasteiger partial charge is 0.150 e. The number of hydrogen-bond acceptors (Lipinski definition) is 3. The van der Waals surface area contributed by atoms with E-state index in [0.717, 1.165) is 11.8 Å². The number of rotatable bonds is 1. The zero-order valence-electron chi connectivity index (χ0n) is 13.8. The Kier molecular flexibility index (Phi) is 3.37. The summed E-state index contributed by atoms with van der Waals surface area (Å²) >= 11 is 1.65. The first-order valence-corrected chi connectivity index (χ1v) is 10.0. The normalized spacial score (nSPS) is 30.0. The summed E-state index contributed by atoms with van der Waals surface area (Å²) < 4.78 is 7.50. The summed E-state index contributed by atoms with van der Waals surface area (Å²) in [6.07, 6.45) is 5.98. The summed E-state index contributed by atoms with van der Waals surface area (Å²) in [4.78, 5) is 2.55. The van der Waals surface area contributed by atoms with Crippen molar-refractivity contribution in [2.45, 2.75) is 25.7 Å². The van der Waals surface area contributed by atoms with Gasteiger partial charge in [0.25, 0.3) is 0 Å². The van der Waals surface area contributed by atoms with Crippen LogP contribution in [0.5, 0.6) is 0 Å². The lowest BCUT2D eigenvalue weighted by molar-refractivity contribution is -0.919. The van der Waals surface area contributed by atoms with E-state index in [2.05, 4.69) is 29.2 Å². The van der Waals surface area contributed by atoms with E-state index in [1.807, 2.05) is 0 Å². The van der Waals surface area contributed by atoms with Gasteiger partial charge in [0, 0.05) is 17.2 Å². The van der Waals surface area contributed by atoms with Crippen molar-refractivity contribution in [1.29, 1.82) is 0 Å². The quantitative estimate of drug-likeness (QED) is 0.741. The molecule has 1 aliphatic carbocycles. The van der Waals surface area contributed by atoms with Crippen LogP contribution in [0.2, 0.25) is 0 Å². The van der Waals surface area contributed by atoms with Crippen LogP contribution in [0.3, 0.4) is 0 Å². The Labute approximate surface area is 142 Å². The van der Waals surface area contributed by atoms with Crippen molar-refractivity contribution >= 4 is 27.4 Å². The molecule has 1 spiro atoms. The van der Waals surface area contributed by atoms with Gasteiger partial charge in [-0.2, -0.15) is 4.37 Å². The molecule has 0 bridgehead atoms. The highest BCUT2D eigenvalue weighted by molar-refractivity contribution is 7.13. The van der Waals surface area contributed by atoms with Crippen LogP contribution in [0, 0.1) is 11.8 Å². The lowest BCUT2D eigenvalue weighted by Gasteiger charge is -2.42. The molecule has 1 aromatic heterocycles. The Balaban J connectivity index is 1.33. The van der Waals surface area contributed by atoms with E-state index >= 15 is 0 Å². The maximum atomic E-state index is 4.77. The summed E-state index contributed by atoms with van der Waals surface area (Å²) in [5.74, 6) is 3.31. The Morgan fingerprint density at radius 1 is 1.00 bits per heavy atom. The lowest BCUT2D eigenvalue weighted by Crippen LogP contribution is -2.58. The van der Waals surface area contributed by atoms with Crippen LogP contribution in [0.25, 0.3) is 10.1 Å². The molecule has 1 saturated carbocycles. The third-order valence-electron chi connectivity index (χ3n) is 6.66. The minimum Gasteiger partial charge on any atom is -0.344 e. The topological polar surface area (TPSA) is 16.1 Å². The van der Waals surface area contributed by atoms with Gasteiger partial charge < -0.3 is 9.38 Å². The van der Waals surface area contributed by atoms with E-state index in [0.29, 0.717) is 0 Å². The SMILES string of the molecule is c1ccc2c(N3CC[N+]4(CC3)CC3CCCCC3C4)nsc2c1. The highest BCUT2D eigenvalue weighted by Gasteiger charge is 2.47. The molecule has 2 aliphatic heterocycles. The van der Waals surface area contributed by atoms with Crippen molar-refractivity contribution < 1.29 is 4.48 Å². The molecule has 3 heterocycles. The minimum absolute atomic E-state index is 1.04. The number of piperazine rings is 1. The number of hydrogen-bond donors (Lipinski definition) is 0. The maximum absolute atomic E-state index is 4.77. The second-order valence-corrected chi connectivity index (χ2v) is 8.75. The van der Waals surface area contributed by atoms with Gasteiger partial charge in [0.1, 0.15) is 0 Å². The molecule has 0 amide bonds. The number of quaternary nitrogens is 1. The van der Waals surface area contributed by atoms with Gasteiger partial charge in [0.05, 0.1) is 44.0 Å². The van der Waals surface area contributed by atoms with E-state index in [9.17, 15) is 0 Å². The van der Waals surface area contributed by atoms with E-state index in [1.54, 1.807) is 11.5 Å². The van der Waals surface area contributed by atoms with Crippen LogP contribution in [0.1, 0.15) is 25.7 Å². The monoisotopic (exact) mass is 328 g/mol. The fourth-order valence-electron chi connectivity index (χ4n) is 5.40. The van der Waals surface area contributed by atoms with Gasteiger partial charge in [-0.25, -0.2) is 0 Å². The predicted octanol–water partition coefficient (Wildman–Crippen LogP) is 3.75. The molecule has 3 aliphatic rings. The molecule has 0 N–H and O–H groups in total. The van der Waals surface area contributed by atoms with Crippen LogP contribution in [0.4, 0.5) is 5.82 Å². The zero-order valence-corrected chi connectivity index (χ0v) is 14.6. The summed E-state index contributed by atoms with van der Waals surface area (Å²) in [5, 5.41) is 1.35. The summed E-state index contributed by atoms with van der Waals surface area (Å²) in [6.45, 7) is 7.98. The molecule has 2 saturated heterocycles. The van der Waals surface area contributed by atoms with Crippen molar-refractivity contribution in [3.63, 3.8) is 0 Å². The molecule has 1 aromatic carbocycles. The molecular formula is C19H26N3S+. The van der Waals surface area contributed by atoms with E-state index in [4.69, 9.17) is 4.37 Å². The number of fused-ring (bicyclic) bond motifs is 2. The molecule has 2 atom stereocenters. The fourth-order valence-corrected chi connectivity index (χ4v) is 6.20. The Bertz CT molecular complexity index is 685. The highest BCUT2D eigenvalue weighted by Crippen LogP contribution is 2.41. The Hall–Kier alpha value is -1.13. The molecule has 5 rings (SSSR count). The van der Waals surface area contributed by atoms with Gasteiger partial charge in [-0.1, -0.05) is 25.0 Å². The second kappa shape index (κ2) is 5.45. The molecule has 3 nitrogen and oxygen atoms in total. The number of aromatic nitrogens is 1. The van der Waals surface area contributed by atoms with E-state index in [-0.39, 0.29) is 0 Å². The van der Waals surface area contributed by atoms with E-state index in [1.165, 1.54) is 85.3 Å². The van der Waals surface area contributed by atoms with Crippen LogP contribution < -0.4 is 4.90 Å². The first-order chi connectivity index (χ1) is 11.3. The van der Waals surface area contributed by atoms with Crippen molar-refractivity contribution in [1.82, 2.24) is 4.37 Å². The second-order valence-electron chi connectivity index (χ2n) is 7.95. The van der Waals surface area contributed by atoms with Gasteiger partial charge in [-0.05, 0) is 36.5 Å². The Morgan fingerprint density at radius 2 is 1.70 bits per heavy atom. The molecule has 2 aromatic rings. The molecular weight excluding hydrogens is 302 g/mol. The highest BCUT2D eigenvalue weighted by atomic mass is 32.1. The van der Waals surface area contributed by atoms with Gasteiger partial charge >= 0.3 is 0 Å². The first kappa shape index (κ1) is 14.2. The van der Waals surface area contributed by atoms with Crippen molar-refractivity contribution in [3.8, 4) is 0 Å². The number of benzene rings is 1. The minimum atomic E-state index is 1.04. The van der Waals surface area contributed by atoms with Gasteiger partial charge in [-0.3, -0.25) is 0 Å². The summed E-state index contributed by atoms with van der Waals surface area (Å²) in [7, 11) is 0. The third kappa shape index (κ3) is 2.38. The Morgan fingerprint density at radius 3 is 2.43 bits per heavy atom. The maximum Gasteiger partial charge on any atom is 0.150 e. The van der Waals surface area contributed by atoms with Crippen molar-refractivity contribution in [2.75, 3.05) is 44.2 Å². The van der Waals surface area contributed by atoms with Gasteiger partial charge in [0.15, 0.2) is 5.82 Å². The van der Waals surface area contributed by atoms with Crippen LogP contribution >= 0.6 is 11.5 Å². The summed E-state index contributed by atoms with van der Waals surface area (Å²) in [6, 6.07) is 8.69. The average molecular weight is 329 g/mol. The predicted molar refractivity (Wildman–Crippen MR) is 97.0 cm³/mol. The average Bonchev–Trinajstić information content (AvgIpc) is 3.17. The standard InChI is InChI=1S/C19H26N3S/c1-2-6-16-14-22(13-15(16)5-1)11-9-21(10-12-22)19-17-7-3-4-8-18(17)23-20-19/h3-4,7-8,15-16H,1-2,5-6,9-14H2/q+1. The molecule has 122 valence electrons. The van der Waals surface area contributed by atoms with Gasteiger partial charge in [0.2, 0.25) is 0 Å². The van der Waals surface area contributed by atoms with Crippen molar-refractivity contribution in [3.05, 3.63) is 24.3 Å². The number of anilines is 1. The molecule has 23 heavy (non-hydrogen) atoms. The molecule has 2 unspecified atom stereocenters. The fraction of sp³-hybridized carbons (Fsp3) is 0.632. The third-order valence-corrected chi connectivity index (χ3v) is 7.47. The van der Waals surface area contributed by atoms with Crippen molar-refractivity contribution in [2.24, 2.45) is 11.8 Å². The van der Waals surface area contributed by atoms with E-state index < -0.39 is 0 Å². The first-order valence-electron chi connectivity index (χ1n) is 9.27. The molecule has 3 fully saturated rings. The number of nitrogens with zero attached hydrogens (tertiary/aromatic N) is 3. The van der Waals surface area contributed by atoms with Crippen LogP contribution in [0.15, 0.2) is 24.3 Å². The molecule has 0 radical (unpaired) electrons. The van der Waals surface area contributed by atoms with Gasteiger partial charge in [-0.15, -0.1) is 0 Å². The van der Waals surface area contributed by atoms with Crippen LogP contribution in [-0.2, 0) is 0 Å². The zero-order chi connectivity index (χ0) is 15.3. The lowest BCUT2D eigenvalue weighted by atomic mass is 9.82. The van der Waals surface area contributed by atoms with Crippen LogP contribution in [-0.4, -0.2) is 48.1 Å².